The van der Waals surface area contributed by atoms with Crippen molar-refractivity contribution in [2.45, 2.75) is 69.8 Å². The van der Waals surface area contributed by atoms with Gasteiger partial charge in [-0.1, -0.05) is 0 Å². The van der Waals surface area contributed by atoms with Gasteiger partial charge in [0, 0.05) is 0 Å². The Hall–Kier alpha value is -0.730. The third-order valence-electron chi connectivity index (χ3n) is 3.69. The zero-order chi connectivity index (χ0) is 14.7. The van der Waals surface area contributed by atoms with Crippen LogP contribution in [0.2, 0.25) is 0 Å². The van der Waals surface area contributed by atoms with E-state index in [1.807, 2.05) is 13.8 Å². The van der Waals surface area contributed by atoms with E-state index in [0.717, 1.165) is 0 Å². The van der Waals surface area contributed by atoms with Crippen LogP contribution in [-0.4, -0.2) is 59.8 Å². The number of carbonyl (C=O) groups is 1. The summed E-state index contributed by atoms with van der Waals surface area (Å²) in [4.78, 5) is 11.6. The maximum Gasteiger partial charge on any atom is 0.338 e. The van der Waals surface area contributed by atoms with E-state index in [2.05, 4.69) is 0 Å². The molecule has 0 radical (unpaired) electrons. The molecule has 0 spiro atoms. The molecule has 0 amide bonds. The van der Waals surface area contributed by atoms with E-state index in [0.29, 0.717) is 6.61 Å². The molecule has 20 heavy (non-hydrogen) atoms. The Morgan fingerprint density at radius 1 is 1.00 bits per heavy atom. The Labute approximate surface area is 117 Å². The fourth-order valence-electron chi connectivity index (χ4n) is 2.89. The number of aliphatic hydroxyl groups is 1. The summed E-state index contributed by atoms with van der Waals surface area (Å²) in [6, 6.07) is 0. The first-order chi connectivity index (χ1) is 9.19. The molecule has 5 atom stereocenters. The predicted octanol–water partition coefficient (Wildman–Crippen LogP) is -0.0557. The van der Waals surface area contributed by atoms with Crippen molar-refractivity contribution in [3.05, 3.63) is 0 Å². The van der Waals surface area contributed by atoms with Gasteiger partial charge in [0.2, 0.25) is 0 Å². The lowest BCUT2D eigenvalue weighted by atomic mass is 9.99. The van der Waals surface area contributed by atoms with E-state index >= 15 is 0 Å². The van der Waals surface area contributed by atoms with Crippen molar-refractivity contribution < 1.29 is 33.6 Å². The molecule has 0 saturated carbocycles. The SMILES string of the molecule is CC1(C)O[C@@H]2[C@@H](OC(=O)[C@@H]2O)[C@@H]([C@H]2COC(C)(C)O2)O1. The molecule has 3 aliphatic rings. The molecule has 0 unspecified atom stereocenters. The molecule has 3 heterocycles. The van der Waals surface area contributed by atoms with Crippen molar-refractivity contribution in [3.8, 4) is 0 Å². The first-order valence-corrected chi connectivity index (χ1v) is 6.74. The molecule has 3 saturated heterocycles. The molecule has 3 rings (SSSR count). The van der Waals surface area contributed by atoms with Crippen LogP contribution >= 0.6 is 0 Å². The Bertz CT molecular complexity index is 419. The van der Waals surface area contributed by atoms with Gasteiger partial charge in [-0.25, -0.2) is 4.79 Å². The van der Waals surface area contributed by atoms with Crippen LogP contribution < -0.4 is 0 Å². The molecule has 0 aliphatic carbocycles. The summed E-state index contributed by atoms with van der Waals surface area (Å²) in [5.74, 6) is -2.33. The maximum atomic E-state index is 11.6. The average molecular weight is 288 g/mol. The quantitative estimate of drug-likeness (QED) is 0.677. The van der Waals surface area contributed by atoms with Gasteiger partial charge in [0.05, 0.1) is 6.61 Å². The molecule has 0 bridgehead atoms. The van der Waals surface area contributed by atoms with Crippen molar-refractivity contribution in [1.82, 2.24) is 0 Å². The second-order valence-corrected chi connectivity index (χ2v) is 6.28. The Kier molecular flexibility index (Phi) is 3.11. The molecule has 114 valence electrons. The summed E-state index contributed by atoms with van der Waals surface area (Å²) in [7, 11) is 0. The number of carbonyl (C=O) groups excluding carboxylic acids is 1. The molecule has 3 aliphatic heterocycles. The lowest BCUT2D eigenvalue weighted by Crippen LogP contribution is -2.59. The van der Waals surface area contributed by atoms with Crippen molar-refractivity contribution in [2.24, 2.45) is 0 Å². The normalized spacial score (nSPS) is 46.0. The van der Waals surface area contributed by atoms with Crippen LogP contribution in [0.1, 0.15) is 27.7 Å². The van der Waals surface area contributed by atoms with Gasteiger partial charge in [0.1, 0.15) is 18.3 Å². The van der Waals surface area contributed by atoms with Crippen LogP contribution in [0.4, 0.5) is 0 Å². The van der Waals surface area contributed by atoms with E-state index in [1.54, 1.807) is 13.8 Å². The number of rotatable bonds is 1. The van der Waals surface area contributed by atoms with Crippen LogP contribution in [0.25, 0.3) is 0 Å². The Balaban J connectivity index is 1.84. The summed E-state index contributed by atoms with van der Waals surface area (Å²) in [5, 5.41) is 9.86. The summed E-state index contributed by atoms with van der Waals surface area (Å²) < 4.78 is 28.0. The van der Waals surface area contributed by atoms with Gasteiger partial charge in [-0.2, -0.15) is 0 Å². The van der Waals surface area contributed by atoms with Crippen LogP contribution in [0.15, 0.2) is 0 Å². The highest BCUT2D eigenvalue weighted by molar-refractivity contribution is 5.78. The lowest BCUT2D eigenvalue weighted by Gasteiger charge is -2.43. The fourth-order valence-corrected chi connectivity index (χ4v) is 2.89. The Morgan fingerprint density at radius 2 is 1.65 bits per heavy atom. The first kappa shape index (κ1) is 14.2. The van der Waals surface area contributed by atoms with Crippen LogP contribution in [-0.2, 0) is 28.5 Å². The summed E-state index contributed by atoms with van der Waals surface area (Å²) >= 11 is 0. The minimum Gasteiger partial charge on any atom is -0.455 e. The second-order valence-electron chi connectivity index (χ2n) is 6.28. The number of esters is 1. The van der Waals surface area contributed by atoms with Gasteiger partial charge in [0.25, 0.3) is 0 Å². The summed E-state index contributed by atoms with van der Waals surface area (Å²) in [5.41, 5.74) is 0. The standard InChI is InChI=1S/C13H20O7/c1-12(2)16-5-6(18-12)8-10-9(7(14)11(15)17-10)20-13(3,4)19-8/h6-10,14H,5H2,1-4H3/t6-,7-,8-,9+,10+/m1/s1. The Morgan fingerprint density at radius 3 is 2.25 bits per heavy atom. The number of fused-ring (bicyclic) bond motifs is 1. The molecular weight excluding hydrogens is 268 g/mol. The number of hydrogen-bond acceptors (Lipinski definition) is 7. The van der Waals surface area contributed by atoms with E-state index < -0.39 is 42.0 Å². The maximum absolute atomic E-state index is 11.6. The molecule has 0 aromatic heterocycles. The zero-order valence-electron chi connectivity index (χ0n) is 12.0. The van der Waals surface area contributed by atoms with Gasteiger partial charge < -0.3 is 28.8 Å². The van der Waals surface area contributed by atoms with E-state index in [-0.39, 0.29) is 6.10 Å². The highest BCUT2D eigenvalue weighted by Gasteiger charge is 2.58. The summed E-state index contributed by atoms with van der Waals surface area (Å²) in [6.07, 6.45) is -3.64. The molecule has 7 heteroatoms. The van der Waals surface area contributed by atoms with Gasteiger partial charge in [-0.05, 0) is 27.7 Å². The van der Waals surface area contributed by atoms with Gasteiger partial charge >= 0.3 is 5.97 Å². The fraction of sp³-hybridized carbons (Fsp3) is 0.923. The van der Waals surface area contributed by atoms with Gasteiger partial charge in [-0.3, -0.25) is 0 Å². The number of ether oxygens (including phenoxy) is 5. The van der Waals surface area contributed by atoms with Crippen LogP contribution in [0, 0.1) is 0 Å². The lowest BCUT2D eigenvalue weighted by molar-refractivity contribution is -0.342. The largest absolute Gasteiger partial charge is 0.455 e. The minimum absolute atomic E-state index is 0.338. The number of aliphatic hydroxyl groups excluding tert-OH is 1. The van der Waals surface area contributed by atoms with Crippen LogP contribution in [0.5, 0.6) is 0 Å². The molecular formula is C13H20O7. The third-order valence-corrected chi connectivity index (χ3v) is 3.69. The molecule has 3 fully saturated rings. The first-order valence-electron chi connectivity index (χ1n) is 6.74. The van der Waals surface area contributed by atoms with Crippen molar-refractivity contribution >= 4 is 5.97 Å². The molecule has 1 N–H and O–H groups in total. The number of hydrogen-bond donors (Lipinski definition) is 1. The van der Waals surface area contributed by atoms with Crippen molar-refractivity contribution in [2.75, 3.05) is 6.61 Å². The van der Waals surface area contributed by atoms with Crippen molar-refractivity contribution in [1.29, 1.82) is 0 Å². The van der Waals surface area contributed by atoms with Crippen LogP contribution in [0.3, 0.4) is 0 Å². The van der Waals surface area contributed by atoms with Gasteiger partial charge in [-0.15, -0.1) is 0 Å². The van der Waals surface area contributed by atoms with E-state index in [9.17, 15) is 9.90 Å². The van der Waals surface area contributed by atoms with Gasteiger partial charge in [0.15, 0.2) is 23.8 Å². The smallest absolute Gasteiger partial charge is 0.338 e. The molecule has 0 aromatic carbocycles. The minimum atomic E-state index is -1.29. The topological polar surface area (TPSA) is 83.5 Å². The van der Waals surface area contributed by atoms with Crippen molar-refractivity contribution in [3.63, 3.8) is 0 Å². The molecule has 7 nitrogen and oxygen atoms in total. The van der Waals surface area contributed by atoms with E-state index in [1.165, 1.54) is 0 Å². The predicted molar refractivity (Wildman–Crippen MR) is 64.6 cm³/mol. The monoisotopic (exact) mass is 288 g/mol. The third kappa shape index (κ3) is 2.33. The average Bonchev–Trinajstić information content (AvgIpc) is 2.81. The highest BCUT2D eigenvalue weighted by atomic mass is 16.8. The summed E-state index contributed by atoms with van der Waals surface area (Å²) in [6.45, 7) is 7.42. The molecule has 0 aromatic rings. The van der Waals surface area contributed by atoms with E-state index in [4.69, 9.17) is 23.7 Å². The highest BCUT2D eigenvalue weighted by Crippen LogP contribution is 2.39. The zero-order valence-corrected chi connectivity index (χ0v) is 12.0. The second kappa shape index (κ2) is 4.38.